The number of nitrogens with one attached hydrogen (secondary N) is 2. The van der Waals surface area contributed by atoms with Crippen molar-refractivity contribution in [2.45, 2.75) is 24.0 Å². The molecule has 0 spiro atoms. The Bertz CT molecular complexity index is 1400. The third-order valence-electron chi connectivity index (χ3n) is 4.89. The molecule has 0 atom stereocenters. The van der Waals surface area contributed by atoms with E-state index in [1.54, 1.807) is 68.7 Å². The van der Waals surface area contributed by atoms with E-state index in [-0.39, 0.29) is 10.6 Å². The lowest BCUT2D eigenvalue weighted by molar-refractivity contribution is 0.102. The minimum Gasteiger partial charge on any atom is -0.481 e. The molecule has 0 radical (unpaired) electrons. The van der Waals surface area contributed by atoms with Crippen molar-refractivity contribution in [2.75, 3.05) is 12.4 Å². The standard InChI is InChI=1S/C22H21N5O4S/c1-13(2)32(29,30)15-9-7-14(8-10-15)17-11-23-21-20(26-17)18(12-24-21)27-22(28)16-5-4-6-19(25-16)31-3/h4-13H,1-3H3,(H,23,24)(H,27,28). The van der Waals surface area contributed by atoms with E-state index < -0.39 is 21.0 Å². The molecule has 0 aliphatic rings. The van der Waals surface area contributed by atoms with Crippen LogP contribution >= 0.6 is 0 Å². The van der Waals surface area contributed by atoms with Crippen LogP contribution in [0, 0.1) is 0 Å². The molecule has 4 rings (SSSR count). The minimum atomic E-state index is -3.36. The van der Waals surface area contributed by atoms with Gasteiger partial charge in [0.1, 0.15) is 11.2 Å². The van der Waals surface area contributed by atoms with Gasteiger partial charge >= 0.3 is 0 Å². The molecule has 0 aliphatic heterocycles. The van der Waals surface area contributed by atoms with Crippen LogP contribution in [0.1, 0.15) is 24.3 Å². The molecular formula is C22H21N5O4S. The number of methoxy groups -OCH3 is 1. The number of H-pyrrole nitrogens is 1. The molecule has 9 nitrogen and oxygen atoms in total. The van der Waals surface area contributed by atoms with Crippen molar-refractivity contribution in [3.8, 4) is 17.1 Å². The molecule has 1 amide bonds. The average molecular weight is 452 g/mol. The summed E-state index contributed by atoms with van der Waals surface area (Å²) in [7, 11) is -1.88. The zero-order valence-electron chi connectivity index (χ0n) is 17.7. The summed E-state index contributed by atoms with van der Waals surface area (Å²) in [5, 5.41) is 2.28. The summed E-state index contributed by atoms with van der Waals surface area (Å²) in [4.78, 5) is 28.9. The molecule has 0 bridgehead atoms. The largest absolute Gasteiger partial charge is 0.481 e. The monoisotopic (exact) mass is 451 g/mol. The number of ether oxygens (including phenoxy) is 1. The summed E-state index contributed by atoms with van der Waals surface area (Å²) in [6.45, 7) is 3.29. The van der Waals surface area contributed by atoms with Gasteiger partial charge in [-0.15, -0.1) is 0 Å². The molecule has 4 aromatic rings. The van der Waals surface area contributed by atoms with Crippen LogP contribution in [0.2, 0.25) is 0 Å². The predicted molar refractivity (Wildman–Crippen MR) is 120 cm³/mol. The Morgan fingerprint density at radius 1 is 1.09 bits per heavy atom. The number of hydrogen-bond donors (Lipinski definition) is 2. The normalized spacial score (nSPS) is 11.6. The highest BCUT2D eigenvalue weighted by atomic mass is 32.2. The van der Waals surface area contributed by atoms with Gasteiger partial charge in [-0.1, -0.05) is 18.2 Å². The van der Waals surface area contributed by atoms with Gasteiger partial charge < -0.3 is 15.0 Å². The van der Waals surface area contributed by atoms with Gasteiger partial charge in [-0.05, 0) is 32.0 Å². The van der Waals surface area contributed by atoms with Gasteiger partial charge in [0.25, 0.3) is 5.91 Å². The Labute approximate surface area is 184 Å². The summed E-state index contributed by atoms with van der Waals surface area (Å²) in [6, 6.07) is 11.4. The SMILES string of the molecule is COc1cccc(C(=O)Nc2c[nH]c3ncc(-c4ccc(S(=O)(=O)C(C)C)cc4)nc23)n1. The molecule has 0 fully saturated rings. The number of aromatic amines is 1. The van der Waals surface area contributed by atoms with Crippen LogP contribution in [0.3, 0.4) is 0 Å². The third kappa shape index (κ3) is 4.04. The fourth-order valence-electron chi connectivity index (χ4n) is 3.05. The minimum absolute atomic E-state index is 0.199. The molecule has 3 aromatic heterocycles. The van der Waals surface area contributed by atoms with Gasteiger partial charge in [0.2, 0.25) is 5.88 Å². The quantitative estimate of drug-likeness (QED) is 0.459. The fraction of sp³-hybridized carbons (Fsp3) is 0.182. The van der Waals surface area contributed by atoms with Crippen LogP contribution < -0.4 is 10.1 Å². The first-order valence-corrected chi connectivity index (χ1v) is 11.3. The maximum absolute atomic E-state index is 12.6. The number of nitrogens with zero attached hydrogens (tertiary/aromatic N) is 3. The number of carbonyl (C=O) groups excluding carboxylic acids is 1. The first-order valence-electron chi connectivity index (χ1n) is 9.80. The van der Waals surface area contributed by atoms with Crippen molar-refractivity contribution in [3.05, 3.63) is 60.6 Å². The van der Waals surface area contributed by atoms with Crippen molar-refractivity contribution in [1.29, 1.82) is 0 Å². The topological polar surface area (TPSA) is 127 Å². The Balaban J connectivity index is 1.64. The molecule has 0 saturated heterocycles. The number of fused-ring (bicyclic) bond motifs is 1. The van der Waals surface area contributed by atoms with Gasteiger partial charge in [-0.25, -0.2) is 23.4 Å². The lowest BCUT2D eigenvalue weighted by Crippen LogP contribution is -2.14. The molecule has 32 heavy (non-hydrogen) atoms. The molecular weight excluding hydrogens is 430 g/mol. The van der Waals surface area contributed by atoms with Crippen LogP contribution in [-0.4, -0.2) is 46.6 Å². The summed E-state index contributed by atoms with van der Waals surface area (Å²) >= 11 is 0. The number of pyridine rings is 1. The number of sulfone groups is 1. The average Bonchev–Trinajstić information content (AvgIpc) is 3.21. The van der Waals surface area contributed by atoms with Gasteiger partial charge in [0.15, 0.2) is 15.5 Å². The Morgan fingerprint density at radius 3 is 2.53 bits per heavy atom. The van der Waals surface area contributed by atoms with E-state index in [0.29, 0.717) is 34.0 Å². The number of carbonyl (C=O) groups is 1. The van der Waals surface area contributed by atoms with Gasteiger partial charge in [-0.3, -0.25) is 4.79 Å². The third-order valence-corrected chi connectivity index (χ3v) is 7.06. The highest BCUT2D eigenvalue weighted by molar-refractivity contribution is 7.92. The Morgan fingerprint density at radius 2 is 1.84 bits per heavy atom. The van der Waals surface area contributed by atoms with E-state index in [4.69, 9.17) is 4.74 Å². The maximum Gasteiger partial charge on any atom is 0.274 e. The number of rotatable bonds is 6. The van der Waals surface area contributed by atoms with E-state index in [1.165, 1.54) is 7.11 Å². The van der Waals surface area contributed by atoms with Gasteiger partial charge in [0, 0.05) is 17.8 Å². The predicted octanol–water partition coefficient (Wildman–Crippen LogP) is 3.46. The molecule has 3 heterocycles. The van der Waals surface area contributed by atoms with E-state index >= 15 is 0 Å². The van der Waals surface area contributed by atoms with Gasteiger partial charge in [0.05, 0.1) is 34.8 Å². The second kappa shape index (κ2) is 8.39. The van der Waals surface area contributed by atoms with Crippen LogP contribution in [0.25, 0.3) is 22.4 Å². The molecule has 0 unspecified atom stereocenters. The zero-order valence-corrected chi connectivity index (χ0v) is 18.5. The van der Waals surface area contributed by atoms with Crippen molar-refractivity contribution >= 4 is 32.6 Å². The number of hydrogen-bond acceptors (Lipinski definition) is 7. The van der Waals surface area contributed by atoms with E-state index in [1.807, 2.05) is 0 Å². The first-order chi connectivity index (χ1) is 15.3. The molecule has 1 aromatic carbocycles. The van der Waals surface area contributed by atoms with Crippen molar-refractivity contribution < 1.29 is 17.9 Å². The number of benzene rings is 1. The van der Waals surface area contributed by atoms with Crippen LogP contribution in [0.4, 0.5) is 5.69 Å². The zero-order chi connectivity index (χ0) is 22.9. The maximum atomic E-state index is 12.6. The van der Waals surface area contributed by atoms with Crippen LogP contribution in [-0.2, 0) is 9.84 Å². The van der Waals surface area contributed by atoms with E-state index in [0.717, 1.165) is 0 Å². The first kappa shape index (κ1) is 21.4. The molecule has 0 saturated carbocycles. The lowest BCUT2D eigenvalue weighted by atomic mass is 10.1. The molecule has 2 N–H and O–H groups in total. The Kier molecular flexibility index (Phi) is 5.62. The highest BCUT2D eigenvalue weighted by Crippen LogP contribution is 2.26. The summed E-state index contributed by atoms with van der Waals surface area (Å²) in [5.74, 6) is -0.0816. The van der Waals surface area contributed by atoms with Crippen molar-refractivity contribution in [3.63, 3.8) is 0 Å². The number of anilines is 1. The second-order valence-electron chi connectivity index (χ2n) is 7.29. The molecule has 0 aliphatic carbocycles. The van der Waals surface area contributed by atoms with E-state index in [2.05, 4.69) is 25.3 Å². The Hall–Kier alpha value is -3.79. The molecule has 10 heteroatoms. The molecule has 164 valence electrons. The van der Waals surface area contributed by atoms with E-state index in [9.17, 15) is 13.2 Å². The summed E-state index contributed by atoms with van der Waals surface area (Å²) in [6.07, 6.45) is 3.19. The second-order valence-corrected chi connectivity index (χ2v) is 9.80. The summed E-state index contributed by atoms with van der Waals surface area (Å²) < 4.78 is 29.7. The van der Waals surface area contributed by atoms with Crippen molar-refractivity contribution in [2.24, 2.45) is 0 Å². The number of aromatic nitrogens is 4. The van der Waals surface area contributed by atoms with Crippen molar-refractivity contribution in [1.82, 2.24) is 19.9 Å². The summed E-state index contributed by atoms with van der Waals surface area (Å²) in [5.41, 5.74) is 2.86. The highest BCUT2D eigenvalue weighted by Gasteiger charge is 2.19. The van der Waals surface area contributed by atoms with Gasteiger partial charge in [-0.2, -0.15) is 0 Å². The smallest absolute Gasteiger partial charge is 0.274 e. The number of amides is 1. The van der Waals surface area contributed by atoms with Crippen LogP contribution in [0.15, 0.2) is 59.8 Å². The fourth-order valence-corrected chi connectivity index (χ4v) is 4.11. The lowest BCUT2D eigenvalue weighted by Gasteiger charge is -2.08. The van der Waals surface area contributed by atoms with Crippen LogP contribution in [0.5, 0.6) is 5.88 Å².